The van der Waals surface area contributed by atoms with E-state index < -0.39 is 0 Å². The quantitative estimate of drug-likeness (QED) is 0.450. The number of aromatic hydroxyl groups is 1. The Balaban J connectivity index is 1.92. The van der Waals surface area contributed by atoms with E-state index in [0.29, 0.717) is 5.75 Å². The van der Waals surface area contributed by atoms with Gasteiger partial charge in [-0.2, -0.15) is 0 Å². The highest BCUT2D eigenvalue weighted by atomic mass is 16.3. The molecule has 0 aliphatic heterocycles. The summed E-state index contributed by atoms with van der Waals surface area (Å²) in [5.74, 6) is 0.381. The van der Waals surface area contributed by atoms with E-state index in [1.807, 2.05) is 6.07 Å². The summed E-state index contributed by atoms with van der Waals surface area (Å²) >= 11 is 0. The topological polar surface area (TPSA) is 20.2 Å². The van der Waals surface area contributed by atoms with Gasteiger partial charge >= 0.3 is 0 Å². The molecule has 0 aromatic heterocycles. The number of phenolic OH excluding ortho intramolecular Hbond substituents is 1. The van der Waals surface area contributed by atoms with E-state index in [0.717, 1.165) is 11.8 Å². The van der Waals surface area contributed by atoms with Gasteiger partial charge < -0.3 is 5.11 Å². The molecular formula is C25H20O. The lowest BCUT2D eigenvalue weighted by molar-refractivity contribution is 0.358. The van der Waals surface area contributed by atoms with Crippen molar-refractivity contribution in [1.29, 1.82) is 0 Å². The molecular weight excluding hydrogens is 316 g/mol. The van der Waals surface area contributed by atoms with Crippen LogP contribution >= 0.6 is 0 Å². The maximum absolute atomic E-state index is 10.5. The molecule has 4 aromatic carbocycles. The van der Waals surface area contributed by atoms with Gasteiger partial charge in [-0.15, -0.1) is 0 Å². The first-order valence-corrected chi connectivity index (χ1v) is 9.43. The van der Waals surface area contributed by atoms with E-state index in [2.05, 4.69) is 74.5 Å². The van der Waals surface area contributed by atoms with Crippen LogP contribution in [0.5, 0.6) is 5.75 Å². The highest BCUT2D eigenvalue weighted by Gasteiger charge is 2.61. The minimum Gasteiger partial charge on any atom is -0.507 e. The highest BCUT2D eigenvalue weighted by molar-refractivity contribution is 6.05. The average molecular weight is 336 g/mol. The van der Waals surface area contributed by atoms with Gasteiger partial charge in [0.25, 0.3) is 0 Å². The summed E-state index contributed by atoms with van der Waals surface area (Å²) in [5, 5.41) is 15.5. The molecule has 4 aromatic rings. The summed E-state index contributed by atoms with van der Waals surface area (Å²) in [5.41, 5.74) is 5.40. The predicted octanol–water partition coefficient (Wildman–Crippen LogP) is 6.03. The van der Waals surface area contributed by atoms with Gasteiger partial charge in [-0.3, -0.25) is 0 Å². The van der Waals surface area contributed by atoms with Crippen LogP contribution in [0, 0.1) is 0 Å². The van der Waals surface area contributed by atoms with Crippen molar-refractivity contribution in [1.82, 2.24) is 0 Å². The van der Waals surface area contributed by atoms with Gasteiger partial charge in [-0.1, -0.05) is 74.5 Å². The summed E-state index contributed by atoms with van der Waals surface area (Å²) in [6.07, 6.45) is 1.03. The molecule has 0 saturated heterocycles. The Hall–Kier alpha value is -2.80. The molecule has 126 valence electrons. The van der Waals surface area contributed by atoms with Gasteiger partial charge in [0.15, 0.2) is 0 Å². The summed E-state index contributed by atoms with van der Waals surface area (Å²) in [7, 11) is 0. The predicted molar refractivity (Wildman–Crippen MR) is 107 cm³/mol. The van der Waals surface area contributed by atoms with Gasteiger partial charge in [0.05, 0.1) is 0 Å². The summed E-state index contributed by atoms with van der Waals surface area (Å²) in [4.78, 5) is 0. The maximum Gasteiger partial charge on any atom is 0.123 e. The Bertz CT molecular complexity index is 1250. The van der Waals surface area contributed by atoms with E-state index in [-0.39, 0.29) is 10.8 Å². The SMILES string of the molecule is CCC12c3cccc4cccc(c34)C1(C)c1cccc3c(O)ccc2c13. The van der Waals surface area contributed by atoms with Crippen LogP contribution in [0.25, 0.3) is 21.5 Å². The van der Waals surface area contributed by atoms with Crippen LogP contribution in [0.1, 0.15) is 42.5 Å². The molecule has 1 nitrogen and oxygen atoms in total. The van der Waals surface area contributed by atoms with Crippen molar-refractivity contribution in [2.24, 2.45) is 0 Å². The number of phenols is 1. The van der Waals surface area contributed by atoms with E-state index in [9.17, 15) is 5.11 Å². The molecule has 0 radical (unpaired) electrons. The van der Waals surface area contributed by atoms with Gasteiger partial charge in [0, 0.05) is 16.2 Å². The van der Waals surface area contributed by atoms with Crippen molar-refractivity contribution in [2.75, 3.05) is 0 Å². The fourth-order valence-electron chi connectivity index (χ4n) is 6.30. The molecule has 0 bridgehead atoms. The van der Waals surface area contributed by atoms with Crippen LogP contribution in [-0.2, 0) is 10.8 Å². The molecule has 1 heteroatoms. The highest BCUT2D eigenvalue weighted by Crippen LogP contribution is 2.68. The van der Waals surface area contributed by atoms with Crippen LogP contribution in [-0.4, -0.2) is 5.11 Å². The van der Waals surface area contributed by atoms with Crippen molar-refractivity contribution in [2.45, 2.75) is 31.1 Å². The van der Waals surface area contributed by atoms with Gasteiger partial charge in [0.1, 0.15) is 5.75 Å². The van der Waals surface area contributed by atoms with E-state index >= 15 is 0 Å². The molecule has 2 unspecified atom stereocenters. The largest absolute Gasteiger partial charge is 0.507 e. The minimum atomic E-state index is -0.111. The summed E-state index contributed by atoms with van der Waals surface area (Å²) in [6.45, 7) is 4.73. The number of hydrogen-bond acceptors (Lipinski definition) is 1. The summed E-state index contributed by atoms with van der Waals surface area (Å²) < 4.78 is 0. The Morgan fingerprint density at radius 1 is 0.731 bits per heavy atom. The first-order valence-electron chi connectivity index (χ1n) is 9.43. The third-order valence-electron chi connectivity index (χ3n) is 7.30. The minimum absolute atomic E-state index is 0.0775. The van der Waals surface area contributed by atoms with Crippen molar-refractivity contribution >= 4 is 21.5 Å². The first kappa shape index (κ1) is 14.4. The third-order valence-corrected chi connectivity index (χ3v) is 7.30. The number of benzene rings is 4. The molecule has 1 N–H and O–H groups in total. The Labute approximate surface area is 152 Å². The maximum atomic E-state index is 10.5. The third kappa shape index (κ3) is 1.22. The number of hydrogen-bond donors (Lipinski definition) is 1. The fourth-order valence-corrected chi connectivity index (χ4v) is 6.30. The molecule has 0 spiro atoms. The van der Waals surface area contributed by atoms with Crippen LogP contribution in [0.2, 0.25) is 0 Å². The van der Waals surface area contributed by atoms with Crippen LogP contribution in [0.15, 0.2) is 66.7 Å². The molecule has 0 saturated carbocycles. The molecule has 6 rings (SSSR count). The molecule has 0 heterocycles. The zero-order valence-corrected chi connectivity index (χ0v) is 15.0. The van der Waals surface area contributed by atoms with Crippen molar-refractivity contribution < 1.29 is 5.11 Å². The van der Waals surface area contributed by atoms with Crippen molar-refractivity contribution in [3.05, 3.63) is 89.0 Å². The normalized spacial score (nSPS) is 25.2. The first-order chi connectivity index (χ1) is 12.6. The molecule has 0 amide bonds. The van der Waals surface area contributed by atoms with E-state index in [1.54, 1.807) is 0 Å². The second-order valence-corrected chi connectivity index (χ2v) is 7.95. The van der Waals surface area contributed by atoms with Gasteiger partial charge in [-0.05, 0) is 50.9 Å². The fraction of sp³-hybridized carbons (Fsp3) is 0.200. The monoisotopic (exact) mass is 336 g/mol. The van der Waals surface area contributed by atoms with Gasteiger partial charge in [0.2, 0.25) is 0 Å². The Morgan fingerprint density at radius 3 is 2.08 bits per heavy atom. The van der Waals surface area contributed by atoms with Crippen molar-refractivity contribution in [3.63, 3.8) is 0 Å². The lowest BCUT2D eigenvalue weighted by Crippen LogP contribution is -2.41. The van der Waals surface area contributed by atoms with Crippen LogP contribution in [0.3, 0.4) is 0 Å². The zero-order chi connectivity index (χ0) is 17.7. The molecule has 26 heavy (non-hydrogen) atoms. The Kier molecular flexibility index (Phi) is 2.37. The van der Waals surface area contributed by atoms with E-state index in [1.165, 1.54) is 38.4 Å². The number of fused-ring (bicyclic) bond motifs is 5. The summed E-state index contributed by atoms with van der Waals surface area (Å²) in [6, 6.07) is 24.0. The van der Waals surface area contributed by atoms with Crippen molar-refractivity contribution in [3.8, 4) is 5.75 Å². The zero-order valence-electron chi connectivity index (χ0n) is 15.0. The van der Waals surface area contributed by atoms with Crippen LogP contribution < -0.4 is 0 Å². The van der Waals surface area contributed by atoms with Crippen LogP contribution in [0.4, 0.5) is 0 Å². The number of rotatable bonds is 1. The molecule has 2 atom stereocenters. The second-order valence-electron chi connectivity index (χ2n) is 7.95. The lowest BCUT2D eigenvalue weighted by Gasteiger charge is -2.41. The molecule has 2 aliphatic rings. The second kappa shape index (κ2) is 4.29. The smallest absolute Gasteiger partial charge is 0.123 e. The standard InChI is InChI=1S/C25H20O/c1-3-25-19-12-5-8-15-7-4-10-17(22(15)19)24(25,2)18-11-6-9-16-21(26)14-13-20(25)23(16)18/h4-14,26H,3H2,1-2H3. The average Bonchev–Trinajstić information content (AvgIpc) is 3.04. The molecule has 2 aliphatic carbocycles. The molecule has 0 fully saturated rings. The van der Waals surface area contributed by atoms with Gasteiger partial charge in [-0.25, -0.2) is 0 Å². The van der Waals surface area contributed by atoms with E-state index in [4.69, 9.17) is 0 Å². The Morgan fingerprint density at radius 2 is 1.35 bits per heavy atom. The lowest BCUT2D eigenvalue weighted by atomic mass is 9.60.